The monoisotopic (exact) mass is 556 g/mol. The summed E-state index contributed by atoms with van der Waals surface area (Å²) in [6.45, 7) is 4.88. The SMILES string of the molecule is CCCC1CCC(/C=C/C2CCC(C3CCC4CC(COc5ccc(OCC)c(F)c5F)CCC4C3)CC2)CC1. The van der Waals surface area contributed by atoms with Crippen molar-refractivity contribution in [3.05, 3.63) is 35.9 Å². The molecule has 4 unspecified atom stereocenters. The zero-order valence-electron chi connectivity index (χ0n) is 25.2. The molecule has 1 aromatic carbocycles. The molecule has 5 rings (SSSR count). The van der Waals surface area contributed by atoms with E-state index in [0.29, 0.717) is 19.1 Å². The average molecular weight is 557 g/mol. The molecule has 0 amide bonds. The van der Waals surface area contributed by atoms with Crippen molar-refractivity contribution in [3.63, 3.8) is 0 Å². The number of allylic oxidation sites excluding steroid dienone is 2. The van der Waals surface area contributed by atoms with Crippen LogP contribution < -0.4 is 9.47 Å². The lowest BCUT2D eigenvalue weighted by Crippen LogP contribution is -2.35. The van der Waals surface area contributed by atoms with Gasteiger partial charge in [-0.15, -0.1) is 0 Å². The van der Waals surface area contributed by atoms with Gasteiger partial charge in [0.05, 0.1) is 13.2 Å². The van der Waals surface area contributed by atoms with Gasteiger partial charge in [-0.3, -0.25) is 0 Å². The van der Waals surface area contributed by atoms with Crippen molar-refractivity contribution >= 4 is 0 Å². The van der Waals surface area contributed by atoms with Crippen LogP contribution in [0.1, 0.15) is 117 Å². The largest absolute Gasteiger partial charge is 0.491 e. The zero-order chi connectivity index (χ0) is 27.9. The van der Waals surface area contributed by atoms with E-state index in [1.807, 2.05) is 0 Å². The Morgan fingerprint density at radius 3 is 1.75 bits per heavy atom. The molecule has 4 heteroatoms. The lowest BCUT2D eigenvalue weighted by Gasteiger charge is -2.45. The van der Waals surface area contributed by atoms with Crippen LogP contribution in [0.25, 0.3) is 0 Å². The molecule has 0 heterocycles. The lowest BCUT2D eigenvalue weighted by molar-refractivity contribution is 0.0499. The minimum Gasteiger partial charge on any atom is -0.491 e. The van der Waals surface area contributed by atoms with Crippen molar-refractivity contribution in [2.75, 3.05) is 13.2 Å². The van der Waals surface area contributed by atoms with E-state index in [-0.39, 0.29) is 11.5 Å². The van der Waals surface area contributed by atoms with Crippen molar-refractivity contribution in [3.8, 4) is 11.5 Å². The van der Waals surface area contributed by atoms with Gasteiger partial charge in [0.25, 0.3) is 0 Å². The summed E-state index contributed by atoms with van der Waals surface area (Å²) in [4.78, 5) is 0. The van der Waals surface area contributed by atoms with Gasteiger partial charge in [0.2, 0.25) is 11.6 Å². The Morgan fingerprint density at radius 1 is 0.625 bits per heavy atom. The summed E-state index contributed by atoms with van der Waals surface area (Å²) in [6, 6.07) is 2.97. The van der Waals surface area contributed by atoms with Crippen LogP contribution in [0.4, 0.5) is 8.78 Å². The van der Waals surface area contributed by atoms with Gasteiger partial charge in [0.1, 0.15) is 0 Å². The number of ether oxygens (including phenoxy) is 2. The highest BCUT2D eigenvalue weighted by Gasteiger charge is 2.39. The lowest BCUT2D eigenvalue weighted by atomic mass is 9.61. The maximum absolute atomic E-state index is 14.4. The Kier molecular flexibility index (Phi) is 10.9. The summed E-state index contributed by atoms with van der Waals surface area (Å²) in [6.07, 6.45) is 27.2. The van der Waals surface area contributed by atoms with Crippen molar-refractivity contribution < 1.29 is 18.3 Å². The number of hydrogen-bond donors (Lipinski definition) is 0. The highest BCUT2D eigenvalue weighted by Crippen LogP contribution is 2.49. The molecule has 2 nitrogen and oxygen atoms in total. The van der Waals surface area contributed by atoms with Crippen LogP contribution in [0.15, 0.2) is 24.3 Å². The number of fused-ring (bicyclic) bond motifs is 1. The second kappa shape index (κ2) is 14.5. The number of hydrogen-bond acceptors (Lipinski definition) is 2. The zero-order valence-corrected chi connectivity index (χ0v) is 25.2. The molecule has 1 aromatic rings. The third-order valence-electron chi connectivity index (χ3n) is 11.3. The molecule has 4 aliphatic rings. The molecular formula is C36H54F2O2. The molecule has 40 heavy (non-hydrogen) atoms. The molecule has 224 valence electrons. The van der Waals surface area contributed by atoms with E-state index in [1.165, 1.54) is 108 Å². The van der Waals surface area contributed by atoms with Crippen molar-refractivity contribution in [1.29, 1.82) is 0 Å². The summed E-state index contributed by atoms with van der Waals surface area (Å²) in [5.74, 6) is 4.71. The Balaban J connectivity index is 1.01. The Morgan fingerprint density at radius 2 is 1.12 bits per heavy atom. The summed E-state index contributed by atoms with van der Waals surface area (Å²) < 4.78 is 39.6. The predicted molar refractivity (Wildman–Crippen MR) is 160 cm³/mol. The maximum Gasteiger partial charge on any atom is 0.204 e. The molecule has 0 aromatic heterocycles. The van der Waals surface area contributed by atoms with Crippen LogP contribution in [-0.2, 0) is 0 Å². The Labute approximate surface area is 242 Å². The van der Waals surface area contributed by atoms with Gasteiger partial charge in [-0.05, 0) is 156 Å². The normalized spacial score (nSPS) is 34.9. The summed E-state index contributed by atoms with van der Waals surface area (Å²) in [5.41, 5.74) is 0. The van der Waals surface area contributed by atoms with Gasteiger partial charge in [0, 0.05) is 0 Å². The van der Waals surface area contributed by atoms with Gasteiger partial charge in [-0.1, -0.05) is 31.9 Å². The van der Waals surface area contributed by atoms with Gasteiger partial charge < -0.3 is 9.47 Å². The third kappa shape index (κ3) is 7.62. The minimum absolute atomic E-state index is 0.0107. The Hall–Kier alpha value is -1.58. The first kappa shape index (κ1) is 29.9. The molecule has 4 atom stereocenters. The summed E-state index contributed by atoms with van der Waals surface area (Å²) in [7, 11) is 0. The van der Waals surface area contributed by atoms with Crippen molar-refractivity contribution in [1.82, 2.24) is 0 Å². The first-order valence-electron chi connectivity index (χ1n) is 17.0. The predicted octanol–water partition coefficient (Wildman–Crippen LogP) is 10.5. The fraction of sp³-hybridized carbons (Fsp3) is 0.778. The van der Waals surface area contributed by atoms with E-state index in [2.05, 4.69) is 19.1 Å². The average Bonchev–Trinajstić information content (AvgIpc) is 2.99. The van der Waals surface area contributed by atoms with E-state index in [1.54, 1.807) is 6.92 Å². The van der Waals surface area contributed by atoms with E-state index in [0.717, 1.165) is 47.8 Å². The van der Waals surface area contributed by atoms with Gasteiger partial charge in [-0.25, -0.2) is 0 Å². The molecule has 4 aliphatic carbocycles. The van der Waals surface area contributed by atoms with Crippen LogP contribution in [0, 0.1) is 59.0 Å². The fourth-order valence-corrected chi connectivity index (χ4v) is 8.90. The third-order valence-corrected chi connectivity index (χ3v) is 11.3. The number of rotatable bonds is 10. The van der Waals surface area contributed by atoms with Gasteiger partial charge in [-0.2, -0.15) is 8.78 Å². The van der Waals surface area contributed by atoms with E-state index >= 15 is 0 Å². The van der Waals surface area contributed by atoms with Crippen LogP contribution in [0.5, 0.6) is 11.5 Å². The fourth-order valence-electron chi connectivity index (χ4n) is 8.90. The van der Waals surface area contributed by atoms with Gasteiger partial charge >= 0.3 is 0 Å². The highest BCUT2D eigenvalue weighted by atomic mass is 19.2. The van der Waals surface area contributed by atoms with Crippen LogP contribution in [-0.4, -0.2) is 13.2 Å². The van der Waals surface area contributed by atoms with E-state index < -0.39 is 11.6 Å². The molecule has 4 fully saturated rings. The molecule has 0 radical (unpaired) electrons. The van der Waals surface area contributed by atoms with Crippen LogP contribution in [0.3, 0.4) is 0 Å². The number of benzene rings is 1. The quantitative estimate of drug-likeness (QED) is 0.267. The highest BCUT2D eigenvalue weighted by molar-refractivity contribution is 5.35. The molecule has 4 saturated carbocycles. The first-order chi connectivity index (χ1) is 19.5. The molecule has 0 bridgehead atoms. The summed E-state index contributed by atoms with van der Waals surface area (Å²) in [5, 5.41) is 0. The summed E-state index contributed by atoms with van der Waals surface area (Å²) >= 11 is 0. The first-order valence-corrected chi connectivity index (χ1v) is 17.0. The standard InChI is InChI=1S/C36H54F2O2/c1-3-5-25-6-8-26(9-7-25)10-11-27-12-15-29(16-13-27)31-19-18-30-22-28(14-17-32(30)23-31)24-40-34-21-20-33(39-4-2)35(37)36(34)38/h10-11,20-21,25-32H,3-9,12-19,22-24H2,1-2H3/b11-10+. The minimum atomic E-state index is -0.948. The Bertz CT molecular complexity index is 944. The topological polar surface area (TPSA) is 18.5 Å². The molecule has 0 saturated heterocycles. The maximum atomic E-state index is 14.4. The number of halogens is 2. The van der Waals surface area contributed by atoms with Crippen molar-refractivity contribution in [2.45, 2.75) is 117 Å². The second-order valence-corrected chi connectivity index (χ2v) is 13.8. The van der Waals surface area contributed by atoms with E-state index in [4.69, 9.17) is 9.47 Å². The smallest absolute Gasteiger partial charge is 0.204 e. The van der Waals surface area contributed by atoms with Crippen molar-refractivity contribution in [2.24, 2.45) is 47.3 Å². The van der Waals surface area contributed by atoms with Crippen LogP contribution in [0.2, 0.25) is 0 Å². The molecule has 0 spiro atoms. The van der Waals surface area contributed by atoms with E-state index in [9.17, 15) is 8.78 Å². The molecule has 0 aliphatic heterocycles. The molecular weight excluding hydrogens is 502 g/mol. The molecule has 0 N–H and O–H groups in total. The van der Waals surface area contributed by atoms with Gasteiger partial charge in [0.15, 0.2) is 11.5 Å². The second-order valence-electron chi connectivity index (χ2n) is 13.8. The van der Waals surface area contributed by atoms with Crippen LogP contribution >= 0.6 is 0 Å².